The van der Waals surface area contributed by atoms with Gasteiger partial charge in [-0.3, -0.25) is 0 Å². The normalized spacial score (nSPS) is 12.2. The molecule has 0 saturated heterocycles. The van der Waals surface area contributed by atoms with E-state index in [0.717, 1.165) is 92.1 Å². The average molecular weight is 729 g/mol. The van der Waals surface area contributed by atoms with Crippen LogP contribution in [0.4, 0.5) is 34.1 Å². The topological polar surface area (TPSA) is 58.5 Å². The number of allylic oxidation sites excluding steroid dienone is 2. The fraction of sp³-hybridized carbons (Fsp3) is 0.0800. The molecule has 6 nitrogen and oxygen atoms in total. The molecule has 0 N–H and O–H groups in total. The molecular weight excluding hydrogens is 689 g/mol. The standard InChI is InChI=1S/C50H40N4O2/c1-3-12-46-35(2)55-49(51-46)38-23-31-44(32-24-38)53(40-13-6-4-7-14-40)42-27-19-36(20-28-42)37-21-29-43(30-22-37)54(41-15-8-5-9-16-41)45-33-25-39(26-34-45)50-52-47-17-10-11-18-48(47)56-50/h3-10,12-17,19-34H,11,18H2,1-2H3/b12-3-. The van der Waals surface area contributed by atoms with Crippen molar-refractivity contribution in [2.24, 2.45) is 0 Å². The van der Waals surface area contributed by atoms with E-state index in [9.17, 15) is 0 Å². The van der Waals surface area contributed by atoms with Gasteiger partial charge in [-0.25, -0.2) is 9.97 Å². The molecule has 0 fully saturated rings. The minimum atomic E-state index is 0.618. The second kappa shape index (κ2) is 15.3. The maximum atomic E-state index is 6.13. The maximum Gasteiger partial charge on any atom is 0.226 e. The summed E-state index contributed by atoms with van der Waals surface area (Å²) in [5.41, 5.74) is 12.3. The van der Waals surface area contributed by atoms with Crippen LogP contribution < -0.4 is 9.80 Å². The van der Waals surface area contributed by atoms with Crippen LogP contribution in [0.1, 0.15) is 36.3 Å². The lowest BCUT2D eigenvalue weighted by molar-refractivity contribution is 0.516. The molecule has 9 rings (SSSR count). The third kappa shape index (κ3) is 6.96. The van der Waals surface area contributed by atoms with Gasteiger partial charge in [-0.1, -0.05) is 72.8 Å². The van der Waals surface area contributed by atoms with Crippen LogP contribution in [0.3, 0.4) is 0 Å². The molecule has 2 aromatic heterocycles. The number of oxazole rings is 2. The molecule has 56 heavy (non-hydrogen) atoms. The van der Waals surface area contributed by atoms with Crippen LogP contribution >= 0.6 is 0 Å². The summed E-state index contributed by atoms with van der Waals surface area (Å²) < 4.78 is 12.1. The molecule has 0 amide bonds. The van der Waals surface area contributed by atoms with Gasteiger partial charge < -0.3 is 18.6 Å². The Morgan fingerprint density at radius 3 is 1.38 bits per heavy atom. The Morgan fingerprint density at radius 1 is 0.500 bits per heavy atom. The van der Waals surface area contributed by atoms with Gasteiger partial charge in [-0.2, -0.15) is 0 Å². The van der Waals surface area contributed by atoms with Gasteiger partial charge in [-0.15, -0.1) is 0 Å². The highest BCUT2D eigenvalue weighted by Crippen LogP contribution is 2.39. The molecule has 0 atom stereocenters. The smallest absolute Gasteiger partial charge is 0.226 e. The summed E-state index contributed by atoms with van der Waals surface area (Å²) in [5.74, 6) is 3.05. The van der Waals surface area contributed by atoms with Crippen molar-refractivity contribution in [3.8, 4) is 34.0 Å². The highest BCUT2D eigenvalue weighted by molar-refractivity contribution is 5.81. The minimum Gasteiger partial charge on any atom is -0.441 e. The van der Waals surface area contributed by atoms with E-state index in [-0.39, 0.29) is 0 Å². The Balaban J connectivity index is 0.980. The lowest BCUT2D eigenvalue weighted by atomic mass is 10.0. The van der Waals surface area contributed by atoms with Gasteiger partial charge in [0.25, 0.3) is 0 Å². The Bertz CT molecular complexity index is 2620. The van der Waals surface area contributed by atoms with Crippen LogP contribution in [-0.2, 0) is 6.42 Å². The number of aryl methyl sites for hydroxylation is 2. The van der Waals surface area contributed by atoms with Gasteiger partial charge in [0.1, 0.15) is 22.9 Å². The number of rotatable bonds is 10. The van der Waals surface area contributed by atoms with Crippen LogP contribution in [0, 0.1) is 6.92 Å². The number of fused-ring (bicyclic) bond motifs is 1. The Labute approximate surface area is 327 Å². The SMILES string of the molecule is C/C=C\c1nc(-c2ccc(N(c3ccccc3)c3ccc(-c4ccc(N(c5ccccc5)c5ccc(-c6nc7c(o6)CCC=C7)cc5)cc4)cc3)cc2)oc1C. The van der Waals surface area contributed by atoms with Crippen LogP contribution in [0.5, 0.6) is 0 Å². The highest BCUT2D eigenvalue weighted by Gasteiger charge is 2.18. The van der Waals surface area contributed by atoms with Crippen molar-refractivity contribution in [1.29, 1.82) is 0 Å². The van der Waals surface area contributed by atoms with Crippen molar-refractivity contribution in [3.05, 3.63) is 193 Å². The van der Waals surface area contributed by atoms with Gasteiger partial charge in [0.2, 0.25) is 11.8 Å². The van der Waals surface area contributed by atoms with E-state index < -0.39 is 0 Å². The van der Waals surface area contributed by atoms with Crippen LogP contribution in [-0.4, -0.2) is 9.97 Å². The van der Waals surface area contributed by atoms with E-state index in [1.807, 2.05) is 38.1 Å². The zero-order valence-corrected chi connectivity index (χ0v) is 31.3. The first-order chi connectivity index (χ1) is 27.6. The van der Waals surface area contributed by atoms with Gasteiger partial charge >= 0.3 is 0 Å². The lowest BCUT2D eigenvalue weighted by Gasteiger charge is -2.26. The fourth-order valence-electron chi connectivity index (χ4n) is 7.21. The molecule has 0 aliphatic heterocycles. The van der Waals surface area contributed by atoms with Crippen LogP contribution in [0.15, 0.2) is 179 Å². The van der Waals surface area contributed by atoms with Gasteiger partial charge in [0, 0.05) is 51.7 Å². The van der Waals surface area contributed by atoms with Crippen molar-refractivity contribution in [2.75, 3.05) is 9.80 Å². The molecule has 0 spiro atoms. The molecule has 0 bridgehead atoms. The first-order valence-electron chi connectivity index (χ1n) is 19.0. The molecule has 6 heteroatoms. The predicted molar refractivity (Wildman–Crippen MR) is 229 cm³/mol. The average Bonchev–Trinajstić information content (AvgIpc) is 3.86. The molecule has 0 unspecified atom stereocenters. The van der Waals surface area contributed by atoms with Crippen molar-refractivity contribution < 1.29 is 8.83 Å². The minimum absolute atomic E-state index is 0.618. The number of hydrogen-bond acceptors (Lipinski definition) is 6. The molecule has 8 aromatic rings. The van der Waals surface area contributed by atoms with Crippen LogP contribution in [0.25, 0.3) is 46.2 Å². The van der Waals surface area contributed by atoms with E-state index in [4.69, 9.17) is 18.8 Å². The summed E-state index contributed by atoms with van der Waals surface area (Å²) in [6, 6.07) is 55.2. The third-order valence-electron chi connectivity index (χ3n) is 10.1. The van der Waals surface area contributed by atoms with Crippen LogP contribution in [0.2, 0.25) is 0 Å². The zero-order valence-electron chi connectivity index (χ0n) is 31.3. The molecule has 0 radical (unpaired) electrons. The van der Waals surface area contributed by atoms with E-state index >= 15 is 0 Å². The lowest BCUT2D eigenvalue weighted by Crippen LogP contribution is -2.10. The molecule has 1 aliphatic carbocycles. The Kier molecular flexibility index (Phi) is 9.44. The largest absolute Gasteiger partial charge is 0.441 e. The second-order valence-corrected chi connectivity index (χ2v) is 13.8. The van der Waals surface area contributed by atoms with Gasteiger partial charge in [0.05, 0.1) is 0 Å². The van der Waals surface area contributed by atoms with Crippen molar-refractivity contribution in [1.82, 2.24) is 9.97 Å². The van der Waals surface area contributed by atoms with Crippen molar-refractivity contribution in [2.45, 2.75) is 26.7 Å². The second-order valence-electron chi connectivity index (χ2n) is 13.8. The summed E-state index contributed by atoms with van der Waals surface area (Å²) in [6.45, 7) is 3.92. The predicted octanol–water partition coefficient (Wildman–Crippen LogP) is 13.9. The molecule has 1 aliphatic rings. The Hall–Kier alpha value is -7.18. The quantitative estimate of drug-likeness (QED) is 0.140. The molecule has 272 valence electrons. The fourth-order valence-corrected chi connectivity index (χ4v) is 7.21. The number of aromatic nitrogens is 2. The first-order valence-corrected chi connectivity index (χ1v) is 19.0. The summed E-state index contributed by atoms with van der Waals surface area (Å²) in [6.07, 6.45) is 10.0. The summed E-state index contributed by atoms with van der Waals surface area (Å²) in [7, 11) is 0. The third-order valence-corrected chi connectivity index (χ3v) is 10.1. The van der Waals surface area contributed by atoms with Gasteiger partial charge in [0.15, 0.2) is 0 Å². The molecule has 6 aromatic carbocycles. The summed E-state index contributed by atoms with van der Waals surface area (Å²) >= 11 is 0. The van der Waals surface area contributed by atoms with E-state index in [1.54, 1.807) is 0 Å². The number of benzene rings is 6. The monoisotopic (exact) mass is 728 g/mol. The molecular formula is C50H40N4O2. The number of hydrogen-bond donors (Lipinski definition) is 0. The number of anilines is 6. The molecule has 0 saturated carbocycles. The molecule has 2 heterocycles. The number of para-hydroxylation sites is 2. The first kappa shape index (κ1) is 34.6. The van der Waals surface area contributed by atoms with E-state index in [2.05, 4.69) is 168 Å². The van der Waals surface area contributed by atoms with E-state index in [1.165, 1.54) is 0 Å². The summed E-state index contributed by atoms with van der Waals surface area (Å²) in [5, 5.41) is 0. The van der Waals surface area contributed by atoms with Crippen molar-refractivity contribution in [3.63, 3.8) is 0 Å². The number of nitrogens with zero attached hydrogens (tertiary/aromatic N) is 4. The highest BCUT2D eigenvalue weighted by atomic mass is 16.4. The van der Waals surface area contributed by atoms with Gasteiger partial charge in [-0.05, 0) is 141 Å². The Morgan fingerprint density at radius 2 is 0.929 bits per heavy atom. The van der Waals surface area contributed by atoms with Crippen molar-refractivity contribution >= 4 is 46.3 Å². The summed E-state index contributed by atoms with van der Waals surface area (Å²) in [4.78, 5) is 14.0. The van der Waals surface area contributed by atoms with E-state index in [0.29, 0.717) is 11.8 Å². The zero-order chi connectivity index (χ0) is 37.8. The maximum absolute atomic E-state index is 6.13.